The number of fused-ring (bicyclic) bond motifs is 2. The van der Waals surface area contributed by atoms with Crippen LogP contribution in [-0.4, -0.2) is 48.1 Å². The predicted octanol–water partition coefficient (Wildman–Crippen LogP) is 3.46. The van der Waals surface area contributed by atoms with E-state index in [0.29, 0.717) is 12.1 Å². The maximum absolute atomic E-state index is 6.51. The van der Waals surface area contributed by atoms with Crippen molar-refractivity contribution >= 4 is 27.3 Å². The average Bonchev–Trinajstić information content (AvgIpc) is 2.97. The molecule has 1 aromatic rings. The molecule has 2 bridgehead atoms. The van der Waals surface area contributed by atoms with Crippen LogP contribution in [0.3, 0.4) is 0 Å². The van der Waals surface area contributed by atoms with Gasteiger partial charge < -0.3 is 5.73 Å². The number of rotatable bonds is 4. The lowest BCUT2D eigenvalue weighted by Crippen LogP contribution is -2.44. The van der Waals surface area contributed by atoms with Crippen molar-refractivity contribution in [2.75, 3.05) is 20.1 Å². The number of nitrogens with zero attached hydrogens (tertiary/aromatic N) is 2. The molecule has 0 spiro atoms. The Kier molecular flexibility index (Phi) is 5.06. The van der Waals surface area contributed by atoms with Crippen molar-refractivity contribution in [3.8, 4) is 0 Å². The summed E-state index contributed by atoms with van der Waals surface area (Å²) in [4.78, 5) is 6.68. The molecule has 2 fully saturated rings. The molecule has 0 saturated carbocycles. The number of likely N-dealkylation sites (N-methyl/N-ethyl adjacent to an activating group) is 1. The molecule has 4 unspecified atom stereocenters. The van der Waals surface area contributed by atoms with Crippen molar-refractivity contribution in [2.24, 2.45) is 5.73 Å². The Balaban J connectivity index is 1.83. The van der Waals surface area contributed by atoms with E-state index < -0.39 is 0 Å². The number of likely N-dealkylation sites (tertiary alicyclic amines) is 1. The van der Waals surface area contributed by atoms with Gasteiger partial charge in [-0.15, -0.1) is 11.3 Å². The lowest BCUT2D eigenvalue weighted by atomic mass is 10.00. The van der Waals surface area contributed by atoms with Crippen LogP contribution < -0.4 is 5.73 Å². The molecule has 118 valence electrons. The zero-order valence-corrected chi connectivity index (χ0v) is 15.4. The van der Waals surface area contributed by atoms with Crippen molar-refractivity contribution in [1.29, 1.82) is 0 Å². The molecule has 0 aromatic carbocycles. The van der Waals surface area contributed by atoms with Crippen LogP contribution in [0.1, 0.15) is 43.5 Å². The normalized spacial score (nSPS) is 30.3. The maximum atomic E-state index is 6.51. The van der Waals surface area contributed by atoms with Gasteiger partial charge in [-0.1, -0.05) is 6.92 Å². The minimum Gasteiger partial charge on any atom is -0.326 e. The summed E-state index contributed by atoms with van der Waals surface area (Å²) >= 11 is 5.44. The minimum absolute atomic E-state index is 0.220. The van der Waals surface area contributed by atoms with Crippen molar-refractivity contribution in [3.63, 3.8) is 0 Å². The molecule has 2 saturated heterocycles. The predicted molar refractivity (Wildman–Crippen MR) is 93.8 cm³/mol. The van der Waals surface area contributed by atoms with E-state index in [9.17, 15) is 0 Å². The molecular weight excluding hydrogens is 346 g/mol. The number of halogens is 1. The van der Waals surface area contributed by atoms with Gasteiger partial charge in [-0.05, 0) is 54.7 Å². The summed E-state index contributed by atoms with van der Waals surface area (Å²) in [6.07, 6.45) is 5.04. The van der Waals surface area contributed by atoms with Gasteiger partial charge in [-0.3, -0.25) is 9.80 Å². The van der Waals surface area contributed by atoms with E-state index in [-0.39, 0.29) is 6.04 Å². The summed E-state index contributed by atoms with van der Waals surface area (Å²) in [5.41, 5.74) is 6.51. The monoisotopic (exact) mass is 371 g/mol. The Labute approximate surface area is 140 Å². The zero-order valence-electron chi connectivity index (χ0n) is 13.0. The van der Waals surface area contributed by atoms with Gasteiger partial charge in [0.15, 0.2) is 0 Å². The standard InChI is InChI=1S/C16H26BrN3S/c1-3-14(18)16(15-8-11(17)10-21-15)20-7-6-12-4-5-13(9-20)19(12)2/h8,10,12-14,16H,3-7,9,18H2,1-2H3. The Morgan fingerprint density at radius 3 is 2.81 bits per heavy atom. The third-order valence-corrected chi connectivity index (χ3v) is 7.09. The van der Waals surface area contributed by atoms with Gasteiger partial charge in [0.1, 0.15) is 0 Å². The molecule has 2 N–H and O–H groups in total. The highest BCUT2D eigenvalue weighted by Gasteiger charge is 2.38. The van der Waals surface area contributed by atoms with E-state index in [1.807, 2.05) is 11.3 Å². The Morgan fingerprint density at radius 2 is 2.14 bits per heavy atom. The molecule has 2 aliphatic rings. The van der Waals surface area contributed by atoms with Crippen molar-refractivity contribution < 1.29 is 0 Å². The van der Waals surface area contributed by atoms with Crippen LogP contribution >= 0.6 is 27.3 Å². The third-order valence-electron chi connectivity index (χ3n) is 5.33. The fourth-order valence-electron chi connectivity index (χ4n) is 3.96. The van der Waals surface area contributed by atoms with Gasteiger partial charge in [0.25, 0.3) is 0 Å². The smallest absolute Gasteiger partial charge is 0.0594 e. The fraction of sp³-hybridized carbons (Fsp3) is 0.750. The second-order valence-corrected chi connectivity index (χ2v) is 8.38. The third kappa shape index (κ3) is 3.22. The summed E-state index contributed by atoms with van der Waals surface area (Å²) in [7, 11) is 2.31. The molecule has 3 rings (SSSR count). The Hall–Kier alpha value is 0.0600. The number of nitrogens with two attached hydrogens (primary N) is 1. The van der Waals surface area contributed by atoms with Crippen LogP contribution in [0.15, 0.2) is 15.9 Å². The first-order chi connectivity index (χ1) is 10.1. The first-order valence-electron chi connectivity index (χ1n) is 8.05. The first kappa shape index (κ1) is 15.9. The number of hydrogen-bond acceptors (Lipinski definition) is 4. The van der Waals surface area contributed by atoms with Crippen LogP contribution in [0.5, 0.6) is 0 Å². The van der Waals surface area contributed by atoms with Gasteiger partial charge in [0, 0.05) is 45.9 Å². The molecule has 3 heterocycles. The Bertz CT molecular complexity index is 478. The van der Waals surface area contributed by atoms with Gasteiger partial charge in [0.2, 0.25) is 0 Å². The fourth-order valence-corrected chi connectivity index (χ4v) is 5.61. The summed E-state index contributed by atoms with van der Waals surface area (Å²) in [6.45, 7) is 4.55. The highest BCUT2D eigenvalue weighted by atomic mass is 79.9. The molecule has 0 radical (unpaired) electrons. The average molecular weight is 372 g/mol. The summed E-state index contributed by atoms with van der Waals surface area (Å²) in [5.74, 6) is 0. The highest BCUT2D eigenvalue weighted by molar-refractivity contribution is 9.10. The molecule has 2 aliphatic heterocycles. The van der Waals surface area contributed by atoms with Crippen LogP contribution in [0, 0.1) is 0 Å². The lowest BCUT2D eigenvalue weighted by Gasteiger charge is -2.36. The molecule has 3 nitrogen and oxygen atoms in total. The molecular formula is C16H26BrN3S. The molecule has 4 atom stereocenters. The Morgan fingerprint density at radius 1 is 1.38 bits per heavy atom. The van der Waals surface area contributed by atoms with E-state index in [2.05, 4.69) is 51.1 Å². The topological polar surface area (TPSA) is 32.5 Å². The van der Waals surface area contributed by atoms with E-state index in [4.69, 9.17) is 5.73 Å². The molecule has 5 heteroatoms. The maximum Gasteiger partial charge on any atom is 0.0594 e. The van der Waals surface area contributed by atoms with Gasteiger partial charge in [-0.25, -0.2) is 0 Å². The molecule has 0 aliphatic carbocycles. The second kappa shape index (κ2) is 6.67. The van der Waals surface area contributed by atoms with Gasteiger partial charge >= 0.3 is 0 Å². The van der Waals surface area contributed by atoms with E-state index in [0.717, 1.165) is 12.5 Å². The van der Waals surface area contributed by atoms with Crippen LogP contribution in [0.4, 0.5) is 0 Å². The quantitative estimate of drug-likeness (QED) is 0.879. The molecule has 0 amide bonds. The van der Waals surface area contributed by atoms with Crippen molar-refractivity contribution in [3.05, 3.63) is 20.8 Å². The van der Waals surface area contributed by atoms with Crippen LogP contribution in [-0.2, 0) is 0 Å². The van der Waals surface area contributed by atoms with E-state index >= 15 is 0 Å². The van der Waals surface area contributed by atoms with Gasteiger partial charge in [-0.2, -0.15) is 0 Å². The minimum atomic E-state index is 0.220. The van der Waals surface area contributed by atoms with E-state index in [1.165, 1.54) is 41.7 Å². The van der Waals surface area contributed by atoms with Crippen LogP contribution in [0.2, 0.25) is 0 Å². The lowest BCUT2D eigenvalue weighted by molar-refractivity contribution is 0.152. The number of thiophene rings is 1. The number of hydrogen-bond donors (Lipinski definition) is 1. The van der Waals surface area contributed by atoms with Gasteiger partial charge in [0.05, 0.1) is 6.04 Å². The zero-order chi connectivity index (χ0) is 15.0. The summed E-state index contributed by atoms with van der Waals surface area (Å²) < 4.78 is 1.18. The van der Waals surface area contributed by atoms with Crippen molar-refractivity contribution in [1.82, 2.24) is 9.80 Å². The molecule has 21 heavy (non-hydrogen) atoms. The SMILES string of the molecule is CCC(N)C(c1cc(Br)cs1)N1CCC2CCC(C1)N2C. The first-order valence-corrected chi connectivity index (χ1v) is 9.73. The summed E-state index contributed by atoms with van der Waals surface area (Å²) in [5, 5.41) is 2.18. The second-order valence-electron chi connectivity index (χ2n) is 6.52. The van der Waals surface area contributed by atoms with Crippen molar-refractivity contribution in [2.45, 2.75) is 56.8 Å². The van der Waals surface area contributed by atoms with Crippen LogP contribution in [0.25, 0.3) is 0 Å². The largest absolute Gasteiger partial charge is 0.326 e. The van der Waals surface area contributed by atoms with E-state index in [1.54, 1.807) is 0 Å². The molecule has 1 aromatic heterocycles. The summed E-state index contributed by atoms with van der Waals surface area (Å²) in [6, 6.07) is 4.36. The highest BCUT2D eigenvalue weighted by Crippen LogP contribution is 2.36.